The molecule has 1 aliphatic rings. The molecule has 1 aliphatic heterocycles. The largest absolute Gasteiger partial charge is 0.462 e. The van der Waals surface area contributed by atoms with Gasteiger partial charge in [-0.3, -0.25) is 4.79 Å². The maximum atomic E-state index is 10.9. The van der Waals surface area contributed by atoms with E-state index in [-0.39, 0.29) is 12.1 Å². The lowest BCUT2D eigenvalue weighted by atomic mass is 10.00. The lowest BCUT2D eigenvalue weighted by Gasteiger charge is -2.11. The maximum absolute atomic E-state index is 10.9. The Bertz CT molecular complexity index is 196. The number of esters is 1. The highest BCUT2D eigenvalue weighted by Gasteiger charge is 2.30. The summed E-state index contributed by atoms with van der Waals surface area (Å²) >= 11 is 0. The Morgan fingerprint density at radius 2 is 2.31 bits per heavy atom. The van der Waals surface area contributed by atoms with Crippen LogP contribution in [0.3, 0.4) is 0 Å². The van der Waals surface area contributed by atoms with Crippen molar-refractivity contribution in [3.63, 3.8) is 0 Å². The van der Waals surface area contributed by atoms with Gasteiger partial charge in [-0.25, -0.2) is 0 Å². The molecule has 2 heteroatoms. The van der Waals surface area contributed by atoms with Gasteiger partial charge in [-0.1, -0.05) is 26.0 Å². The van der Waals surface area contributed by atoms with Gasteiger partial charge in [-0.05, 0) is 19.3 Å². The van der Waals surface area contributed by atoms with Crippen LogP contribution in [-0.2, 0) is 9.53 Å². The molecule has 13 heavy (non-hydrogen) atoms. The molecule has 0 radical (unpaired) electrons. The van der Waals surface area contributed by atoms with Crippen LogP contribution in [-0.4, -0.2) is 12.1 Å². The van der Waals surface area contributed by atoms with Crippen LogP contribution < -0.4 is 0 Å². The first-order valence-electron chi connectivity index (χ1n) is 5.08. The van der Waals surface area contributed by atoms with Crippen molar-refractivity contribution in [3.8, 4) is 0 Å². The number of cyclic esters (lactones) is 1. The smallest absolute Gasteiger partial charge is 0.306 e. The fourth-order valence-corrected chi connectivity index (χ4v) is 1.62. The van der Waals surface area contributed by atoms with E-state index in [0.717, 1.165) is 19.3 Å². The van der Waals surface area contributed by atoms with Gasteiger partial charge in [-0.2, -0.15) is 0 Å². The zero-order chi connectivity index (χ0) is 9.68. The third-order valence-electron chi connectivity index (χ3n) is 2.43. The summed E-state index contributed by atoms with van der Waals surface area (Å²) < 4.78 is 5.18. The normalized spacial score (nSPS) is 28.3. The number of carbonyl (C=O) groups is 1. The Labute approximate surface area is 80.0 Å². The molecule has 0 aromatic rings. The van der Waals surface area contributed by atoms with Gasteiger partial charge in [0.05, 0.1) is 6.42 Å². The molecular weight excluding hydrogens is 164 g/mol. The van der Waals surface area contributed by atoms with Crippen molar-refractivity contribution >= 4 is 5.97 Å². The monoisotopic (exact) mass is 182 g/mol. The highest BCUT2D eigenvalue weighted by Crippen LogP contribution is 2.24. The number of hydrogen-bond donors (Lipinski definition) is 0. The maximum Gasteiger partial charge on any atom is 0.306 e. The van der Waals surface area contributed by atoms with E-state index >= 15 is 0 Å². The molecule has 1 fully saturated rings. The molecule has 0 aromatic carbocycles. The predicted octanol–water partition coefficient (Wildman–Crippen LogP) is 2.68. The molecule has 0 N–H and O–H groups in total. The fraction of sp³-hybridized carbons (Fsp3) is 0.727. The van der Waals surface area contributed by atoms with Crippen LogP contribution in [0.15, 0.2) is 12.2 Å². The van der Waals surface area contributed by atoms with Crippen LogP contribution in [0.1, 0.15) is 39.5 Å². The van der Waals surface area contributed by atoms with Crippen LogP contribution in [0, 0.1) is 5.92 Å². The quantitative estimate of drug-likeness (QED) is 0.493. The van der Waals surface area contributed by atoms with E-state index in [0.29, 0.717) is 12.3 Å². The van der Waals surface area contributed by atoms with Gasteiger partial charge in [0.1, 0.15) is 6.10 Å². The number of allylic oxidation sites excluding steroid dienone is 2. The number of hydrogen-bond acceptors (Lipinski definition) is 2. The van der Waals surface area contributed by atoms with E-state index in [4.69, 9.17) is 4.74 Å². The number of rotatable bonds is 4. The third-order valence-corrected chi connectivity index (χ3v) is 2.43. The van der Waals surface area contributed by atoms with Gasteiger partial charge < -0.3 is 4.74 Å². The lowest BCUT2D eigenvalue weighted by Crippen LogP contribution is -2.12. The van der Waals surface area contributed by atoms with Crippen molar-refractivity contribution in [2.45, 2.75) is 45.6 Å². The molecule has 0 bridgehead atoms. The van der Waals surface area contributed by atoms with E-state index in [2.05, 4.69) is 26.0 Å². The molecule has 0 saturated carbocycles. The summed E-state index contributed by atoms with van der Waals surface area (Å²) in [5, 5.41) is 0. The molecule has 0 aliphatic carbocycles. The van der Waals surface area contributed by atoms with Gasteiger partial charge >= 0.3 is 5.97 Å². The van der Waals surface area contributed by atoms with E-state index in [9.17, 15) is 4.79 Å². The molecule has 2 unspecified atom stereocenters. The molecule has 0 aromatic heterocycles. The lowest BCUT2D eigenvalue weighted by molar-refractivity contribution is -0.141. The highest BCUT2D eigenvalue weighted by molar-refractivity contribution is 5.71. The van der Waals surface area contributed by atoms with E-state index in [1.807, 2.05) is 0 Å². The second-order valence-corrected chi connectivity index (χ2v) is 3.67. The van der Waals surface area contributed by atoms with Gasteiger partial charge in [0.15, 0.2) is 0 Å². The standard InChI is InChI=1S/C11H18O2/c1-3-4-5-6-7-10-9(2)8-11(12)13-10/h4-5,9-10H,3,6-8H2,1-2H3. The summed E-state index contributed by atoms with van der Waals surface area (Å²) in [6, 6.07) is 0. The first kappa shape index (κ1) is 10.3. The summed E-state index contributed by atoms with van der Waals surface area (Å²) in [6.07, 6.45) is 8.16. The summed E-state index contributed by atoms with van der Waals surface area (Å²) in [5.74, 6) is 0.375. The Morgan fingerprint density at radius 3 is 2.85 bits per heavy atom. The summed E-state index contributed by atoms with van der Waals surface area (Å²) in [5.41, 5.74) is 0. The minimum absolute atomic E-state index is 0.0306. The van der Waals surface area contributed by atoms with E-state index in [1.165, 1.54) is 0 Å². The predicted molar refractivity (Wildman–Crippen MR) is 52.3 cm³/mol. The van der Waals surface area contributed by atoms with E-state index < -0.39 is 0 Å². The number of carbonyl (C=O) groups excluding carboxylic acids is 1. The molecule has 0 spiro atoms. The third kappa shape index (κ3) is 3.21. The summed E-state index contributed by atoms with van der Waals surface area (Å²) in [4.78, 5) is 10.9. The van der Waals surface area contributed by atoms with Crippen molar-refractivity contribution < 1.29 is 9.53 Å². The zero-order valence-electron chi connectivity index (χ0n) is 8.45. The van der Waals surface area contributed by atoms with Crippen molar-refractivity contribution in [1.82, 2.24) is 0 Å². The molecule has 1 heterocycles. The van der Waals surface area contributed by atoms with Gasteiger partial charge in [0.25, 0.3) is 0 Å². The Kier molecular flexibility index (Phi) is 4.00. The van der Waals surface area contributed by atoms with Crippen LogP contribution in [0.5, 0.6) is 0 Å². The summed E-state index contributed by atoms with van der Waals surface area (Å²) in [7, 11) is 0. The first-order chi connectivity index (χ1) is 6.24. The topological polar surface area (TPSA) is 26.3 Å². The van der Waals surface area contributed by atoms with Crippen molar-refractivity contribution in [1.29, 1.82) is 0 Å². The summed E-state index contributed by atoms with van der Waals surface area (Å²) in [6.45, 7) is 4.20. The van der Waals surface area contributed by atoms with Crippen molar-refractivity contribution in [2.24, 2.45) is 5.92 Å². The second-order valence-electron chi connectivity index (χ2n) is 3.67. The zero-order valence-corrected chi connectivity index (χ0v) is 8.45. The van der Waals surface area contributed by atoms with Crippen molar-refractivity contribution in [3.05, 3.63) is 12.2 Å². The molecule has 74 valence electrons. The van der Waals surface area contributed by atoms with E-state index in [1.54, 1.807) is 0 Å². The SMILES string of the molecule is CCC=CCCC1OC(=O)CC1C. The Balaban J connectivity index is 2.21. The van der Waals surface area contributed by atoms with Gasteiger partial charge in [0, 0.05) is 5.92 Å². The number of ether oxygens (including phenoxy) is 1. The minimum Gasteiger partial charge on any atom is -0.462 e. The minimum atomic E-state index is -0.0306. The highest BCUT2D eigenvalue weighted by atomic mass is 16.5. The van der Waals surface area contributed by atoms with Gasteiger partial charge in [-0.15, -0.1) is 0 Å². The molecular formula is C11H18O2. The molecule has 1 saturated heterocycles. The molecule has 2 atom stereocenters. The van der Waals surface area contributed by atoms with Crippen LogP contribution >= 0.6 is 0 Å². The van der Waals surface area contributed by atoms with Crippen molar-refractivity contribution in [2.75, 3.05) is 0 Å². The Hall–Kier alpha value is -0.790. The molecule has 0 amide bonds. The molecule has 1 rings (SSSR count). The first-order valence-corrected chi connectivity index (χ1v) is 5.08. The van der Waals surface area contributed by atoms with Crippen LogP contribution in [0.25, 0.3) is 0 Å². The average Bonchev–Trinajstić information content (AvgIpc) is 2.39. The fourth-order valence-electron chi connectivity index (χ4n) is 1.62. The van der Waals surface area contributed by atoms with Gasteiger partial charge in [0.2, 0.25) is 0 Å². The average molecular weight is 182 g/mol. The molecule has 2 nitrogen and oxygen atoms in total. The Morgan fingerprint density at radius 1 is 1.54 bits per heavy atom. The van der Waals surface area contributed by atoms with Crippen LogP contribution in [0.2, 0.25) is 0 Å². The second kappa shape index (κ2) is 5.05. The van der Waals surface area contributed by atoms with Crippen LogP contribution in [0.4, 0.5) is 0 Å².